The first-order valence-electron chi connectivity index (χ1n) is 10.3. The number of aryl methyl sites for hydroxylation is 1. The van der Waals surface area contributed by atoms with Crippen molar-refractivity contribution in [3.05, 3.63) is 46.8 Å². The number of carbonyl (C=O) groups excluding carboxylic acids is 2. The van der Waals surface area contributed by atoms with Crippen LogP contribution in [0.4, 0.5) is 0 Å². The summed E-state index contributed by atoms with van der Waals surface area (Å²) in [5.41, 5.74) is 3.25. The Labute approximate surface area is 177 Å². The van der Waals surface area contributed by atoms with Gasteiger partial charge in [-0.1, -0.05) is 19.9 Å². The molecule has 0 fully saturated rings. The lowest BCUT2D eigenvalue weighted by molar-refractivity contribution is -0.125. The molecule has 0 saturated heterocycles. The number of hydrogen-bond donors (Lipinski definition) is 1. The Morgan fingerprint density at radius 3 is 2.47 bits per heavy atom. The van der Waals surface area contributed by atoms with Crippen molar-refractivity contribution in [3.8, 4) is 11.5 Å². The largest absolute Gasteiger partial charge is 0.486 e. The van der Waals surface area contributed by atoms with E-state index >= 15 is 0 Å². The maximum Gasteiger partial charge on any atom is 0.340 e. The van der Waals surface area contributed by atoms with Gasteiger partial charge in [-0.3, -0.25) is 4.79 Å². The van der Waals surface area contributed by atoms with Gasteiger partial charge in [0.05, 0.1) is 11.6 Å². The molecule has 1 aliphatic heterocycles. The number of fused-ring (bicyclic) bond motifs is 1. The van der Waals surface area contributed by atoms with Gasteiger partial charge in [0.2, 0.25) is 0 Å². The molecule has 0 unspecified atom stereocenters. The smallest absolute Gasteiger partial charge is 0.340 e. The van der Waals surface area contributed by atoms with Crippen molar-refractivity contribution in [2.45, 2.75) is 47.2 Å². The third-order valence-electron chi connectivity index (χ3n) is 5.35. The zero-order chi connectivity index (χ0) is 21.8. The van der Waals surface area contributed by atoms with E-state index in [0.29, 0.717) is 30.3 Å². The lowest BCUT2D eigenvalue weighted by atomic mass is 9.95. The van der Waals surface area contributed by atoms with E-state index < -0.39 is 5.97 Å². The first-order chi connectivity index (χ1) is 14.3. The number of aromatic nitrogens is 1. The van der Waals surface area contributed by atoms with Crippen LogP contribution >= 0.6 is 0 Å². The molecule has 7 heteroatoms. The molecule has 0 radical (unpaired) electrons. The molecule has 0 spiro atoms. The fraction of sp³-hybridized carbons (Fsp3) is 0.478. The van der Waals surface area contributed by atoms with Crippen LogP contribution in [0.3, 0.4) is 0 Å². The molecule has 1 aromatic heterocycles. The standard InChI is InChI=1S/C23H30N2O5/c1-6-25-15(4)11-18(16(25)5)23(27)30-13-21(26)24-22(14(2)3)17-7-8-19-20(12-17)29-10-9-28-19/h7-8,11-12,14,22H,6,9-10,13H2,1-5H3,(H,24,26)/t22-/m1/s1. The van der Waals surface area contributed by atoms with Gasteiger partial charge >= 0.3 is 5.97 Å². The highest BCUT2D eigenvalue weighted by molar-refractivity contribution is 5.92. The molecule has 0 bridgehead atoms. The number of benzene rings is 1. The number of hydrogen-bond acceptors (Lipinski definition) is 5. The summed E-state index contributed by atoms with van der Waals surface area (Å²) >= 11 is 0. The highest BCUT2D eigenvalue weighted by Gasteiger charge is 2.23. The number of esters is 1. The summed E-state index contributed by atoms with van der Waals surface area (Å²) in [6.45, 7) is 11.4. The number of nitrogens with zero attached hydrogens (tertiary/aromatic N) is 1. The highest BCUT2D eigenvalue weighted by Crippen LogP contribution is 2.34. The molecule has 0 saturated carbocycles. The molecular weight excluding hydrogens is 384 g/mol. The minimum absolute atomic E-state index is 0.135. The highest BCUT2D eigenvalue weighted by atomic mass is 16.6. The van der Waals surface area contributed by atoms with Gasteiger partial charge in [0, 0.05) is 17.9 Å². The monoisotopic (exact) mass is 414 g/mol. The van der Waals surface area contributed by atoms with Crippen LogP contribution in [0.1, 0.15) is 54.1 Å². The van der Waals surface area contributed by atoms with Crippen LogP contribution in [-0.2, 0) is 16.1 Å². The molecule has 0 aliphatic carbocycles. The molecule has 30 heavy (non-hydrogen) atoms. The molecule has 1 atom stereocenters. The molecule has 2 heterocycles. The second-order valence-electron chi connectivity index (χ2n) is 7.80. The Hall–Kier alpha value is -2.96. The number of nitrogens with one attached hydrogen (secondary N) is 1. The van der Waals surface area contributed by atoms with Crippen LogP contribution in [0.15, 0.2) is 24.3 Å². The van der Waals surface area contributed by atoms with Crippen molar-refractivity contribution in [3.63, 3.8) is 0 Å². The molecule has 162 valence electrons. The zero-order valence-electron chi connectivity index (χ0n) is 18.3. The van der Waals surface area contributed by atoms with Gasteiger partial charge in [0.15, 0.2) is 18.1 Å². The summed E-state index contributed by atoms with van der Waals surface area (Å²) < 4.78 is 18.5. The van der Waals surface area contributed by atoms with Crippen LogP contribution in [-0.4, -0.2) is 36.3 Å². The fourth-order valence-corrected chi connectivity index (χ4v) is 3.81. The Balaban J connectivity index is 1.64. The van der Waals surface area contributed by atoms with Gasteiger partial charge in [-0.2, -0.15) is 0 Å². The van der Waals surface area contributed by atoms with E-state index in [0.717, 1.165) is 23.5 Å². The summed E-state index contributed by atoms with van der Waals surface area (Å²) in [6, 6.07) is 7.23. The number of ether oxygens (including phenoxy) is 3. The van der Waals surface area contributed by atoms with E-state index in [1.807, 2.05) is 57.4 Å². The van der Waals surface area contributed by atoms with Crippen molar-refractivity contribution in [1.82, 2.24) is 9.88 Å². The quantitative estimate of drug-likeness (QED) is 0.701. The SMILES string of the molecule is CCn1c(C)cc(C(=O)OCC(=O)N[C@@H](c2ccc3c(c2)OCCO3)C(C)C)c1C. The van der Waals surface area contributed by atoms with E-state index in [1.54, 1.807) is 6.07 Å². The van der Waals surface area contributed by atoms with E-state index in [4.69, 9.17) is 14.2 Å². The number of carbonyl (C=O) groups is 2. The van der Waals surface area contributed by atoms with Gasteiger partial charge in [-0.25, -0.2) is 4.79 Å². The van der Waals surface area contributed by atoms with Crippen molar-refractivity contribution >= 4 is 11.9 Å². The number of amides is 1. The predicted octanol–water partition coefficient (Wildman–Crippen LogP) is 3.57. The summed E-state index contributed by atoms with van der Waals surface area (Å²) in [7, 11) is 0. The molecule has 1 aliphatic rings. The normalized spacial score (nSPS) is 13.8. The van der Waals surface area contributed by atoms with Gasteiger partial charge in [0.25, 0.3) is 5.91 Å². The topological polar surface area (TPSA) is 78.8 Å². The maximum absolute atomic E-state index is 12.5. The minimum Gasteiger partial charge on any atom is -0.486 e. The lowest BCUT2D eigenvalue weighted by Gasteiger charge is -2.25. The Morgan fingerprint density at radius 1 is 1.13 bits per heavy atom. The molecule has 3 rings (SSSR count). The van der Waals surface area contributed by atoms with Crippen LogP contribution in [0.5, 0.6) is 11.5 Å². The Bertz CT molecular complexity index is 932. The summed E-state index contributed by atoms with van der Waals surface area (Å²) in [5.74, 6) is 0.684. The van der Waals surface area contributed by atoms with E-state index in [1.165, 1.54) is 0 Å². The van der Waals surface area contributed by atoms with Crippen LogP contribution in [0.2, 0.25) is 0 Å². The van der Waals surface area contributed by atoms with Gasteiger partial charge < -0.3 is 24.1 Å². The number of rotatable bonds is 7. The van der Waals surface area contributed by atoms with Gasteiger partial charge in [-0.15, -0.1) is 0 Å². The zero-order valence-corrected chi connectivity index (χ0v) is 18.3. The first-order valence-corrected chi connectivity index (χ1v) is 10.3. The van der Waals surface area contributed by atoms with Crippen LogP contribution in [0, 0.1) is 19.8 Å². The third-order valence-corrected chi connectivity index (χ3v) is 5.35. The second kappa shape index (κ2) is 9.24. The summed E-state index contributed by atoms with van der Waals surface area (Å²) in [5, 5.41) is 2.97. The Kier molecular flexibility index (Phi) is 6.70. The van der Waals surface area contributed by atoms with Gasteiger partial charge in [0.1, 0.15) is 13.2 Å². The van der Waals surface area contributed by atoms with Gasteiger partial charge in [-0.05, 0) is 50.5 Å². The average molecular weight is 415 g/mol. The fourth-order valence-electron chi connectivity index (χ4n) is 3.81. The minimum atomic E-state index is -0.488. The third kappa shape index (κ3) is 4.61. The maximum atomic E-state index is 12.5. The molecule has 1 N–H and O–H groups in total. The first kappa shape index (κ1) is 21.7. The van der Waals surface area contributed by atoms with Crippen molar-refractivity contribution < 1.29 is 23.8 Å². The van der Waals surface area contributed by atoms with E-state index in [9.17, 15) is 9.59 Å². The van der Waals surface area contributed by atoms with Crippen LogP contribution < -0.4 is 14.8 Å². The predicted molar refractivity (Wildman–Crippen MR) is 113 cm³/mol. The van der Waals surface area contributed by atoms with Crippen LogP contribution in [0.25, 0.3) is 0 Å². The summed E-state index contributed by atoms with van der Waals surface area (Å²) in [6.07, 6.45) is 0. The molecule has 2 aromatic rings. The summed E-state index contributed by atoms with van der Waals surface area (Å²) in [4.78, 5) is 25.0. The Morgan fingerprint density at radius 2 is 1.83 bits per heavy atom. The molecule has 7 nitrogen and oxygen atoms in total. The van der Waals surface area contributed by atoms with Crippen molar-refractivity contribution in [1.29, 1.82) is 0 Å². The molecule has 1 aromatic carbocycles. The second-order valence-corrected chi connectivity index (χ2v) is 7.80. The van der Waals surface area contributed by atoms with Crippen molar-refractivity contribution in [2.75, 3.05) is 19.8 Å². The molecular formula is C23H30N2O5. The van der Waals surface area contributed by atoms with E-state index in [-0.39, 0.29) is 24.5 Å². The average Bonchev–Trinajstić information content (AvgIpc) is 3.02. The van der Waals surface area contributed by atoms with E-state index in [2.05, 4.69) is 5.32 Å². The van der Waals surface area contributed by atoms with Crippen molar-refractivity contribution in [2.24, 2.45) is 5.92 Å². The lowest BCUT2D eigenvalue weighted by Crippen LogP contribution is -2.35. The molecule has 1 amide bonds.